The molecule has 88 valence electrons. The molecule has 0 radical (unpaired) electrons. The molecule has 1 aliphatic rings. The molecule has 2 N–H and O–H groups in total. The van der Waals surface area contributed by atoms with Gasteiger partial charge >= 0.3 is 0 Å². The Hall–Kier alpha value is -1.23. The molecule has 0 saturated heterocycles. The van der Waals surface area contributed by atoms with Crippen LogP contribution in [0, 0.1) is 0 Å². The fourth-order valence-corrected chi connectivity index (χ4v) is 2.25. The van der Waals surface area contributed by atoms with E-state index in [1.807, 2.05) is 18.2 Å². The molecule has 0 bridgehead atoms. The first-order valence-electron chi connectivity index (χ1n) is 5.38. The molecule has 1 aliphatic carbocycles. The Morgan fingerprint density at radius 3 is 2.31 bits per heavy atom. The largest absolute Gasteiger partial charge is 0.381 e. The lowest BCUT2D eigenvalue weighted by atomic mass is 9.93. The van der Waals surface area contributed by atoms with Gasteiger partial charge in [-0.3, -0.25) is 4.72 Å². The lowest BCUT2D eigenvalue weighted by Gasteiger charge is -2.28. The summed E-state index contributed by atoms with van der Waals surface area (Å²) >= 11 is 0. The molecule has 1 saturated carbocycles. The smallest absolute Gasteiger partial charge is 0.229 e. The molecule has 0 aromatic heterocycles. The molecule has 0 unspecified atom stereocenters. The van der Waals surface area contributed by atoms with Crippen LogP contribution in [0.1, 0.15) is 19.3 Å². The van der Waals surface area contributed by atoms with Gasteiger partial charge in [0.2, 0.25) is 10.0 Å². The van der Waals surface area contributed by atoms with Crippen LogP contribution in [0.5, 0.6) is 0 Å². The normalized spacial score (nSPS) is 16.6. The van der Waals surface area contributed by atoms with Crippen molar-refractivity contribution in [3.05, 3.63) is 24.3 Å². The number of hydrogen-bond acceptors (Lipinski definition) is 3. The molecule has 5 heteroatoms. The first-order valence-corrected chi connectivity index (χ1v) is 7.27. The van der Waals surface area contributed by atoms with Crippen molar-refractivity contribution < 1.29 is 8.42 Å². The zero-order chi connectivity index (χ0) is 11.6. The van der Waals surface area contributed by atoms with Crippen LogP contribution < -0.4 is 10.0 Å². The molecule has 0 atom stereocenters. The summed E-state index contributed by atoms with van der Waals surface area (Å²) in [6.45, 7) is 0. The SMILES string of the molecule is CS(=O)(=O)Nc1ccccc1NC1CCC1. The van der Waals surface area contributed by atoms with E-state index in [1.165, 1.54) is 6.42 Å². The fourth-order valence-electron chi connectivity index (χ4n) is 1.67. The Bertz CT molecular complexity index is 467. The number of benzene rings is 1. The summed E-state index contributed by atoms with van der Waals surface area (Å²) in [6, 6.07) is 7.87. The molecular weight excluding hydrogens is 224 g/mol. The minimum atomic E-state index is -3.21. The van der Waals surface area contributed by atoms with Gasteiger partial charge in [0.05, 0.1) is 17.6 Å². The second kappa shape index (κ2) is 4.33. The zero-order valence-electron chi connectivity index (χ0n) is 9.23. The van der Waals surface area contributed by atoms with Crippen molar-refractivity contribution in [1.82, 2.24) is 0 Å². The predicted molar refractivity (Wildman–Crippen MR) is 66.2 cm³/mol. The van der Waals surface area contributed by atoms with Gasteiger partial charge in [-0.1, -0.05) is 12.1 Å². The van der Waals surface area contributed by atoms with E-state index in [-0.39, 0.29) is 0 Å². The van der Waals surface area contributed by atoms with E-state index in [9.17, 15) is 8.42 Å². The quantitative estimate of drug-likeness (QED) is 0.846. The van der Waals surface area contributed by atoms with Gasteiger partial charge in [-0.05, 0) is 31.4 Å². The second-order valence-electron chi connectivity index (χ2n) is 4.19. The van der Waals surface area contributed by atoms with Crippen LogP contribution in [0.4, 0.5) is 11.4 Å². The van der Waals surface area contributed by atoms with Crippen molar-refractivity contribution in [1.29, 1.82) is 0 Å². The lowest BCUT2D eigenvalue weighted by Crippen LogP contribution is -2.27. The summed E-state index contributed by atoms with van der Waals surface area (Å²) in [5.41, 5.74) is 1.48. The van der Waals surface area contributed by atoms with E-state index in [2.05, 4.69) is 10.0 Å². The second-order valence-corrected chi connectivity index (χ2v) is 5.94. The summed E-state index contributed by atoms with van der Waals surface area (Å²) in [6.07, 6.45) is 4.73. The van der Waals surface area contributed by atoms with E-state index in [0.717, 1.165) is 24.8 Å². The van der Waals surface area contributed by atoms with Crippen LogP contribution in [0.3, 0.4) is 0 Å². The topological polar surface area (TPSA) is 58.2 Å². The highest BCUT2D eigenvalue weighted by atomic mass is 32.2. The third kappa shape index (κ3) is 2.88. The summed E-state index contributed by atoms with van der Waals surface area (Å²) in [7, 11) is -3.21. The van der Waals surface area contributed by atoms with Crippen LogP contribution >= 0.6 is 0 Å². The van der Waals surface area contributed by atoms with Crippen molar-refractivity contribution in [2.24, 2.45) is 0 Å². The number of hydrogen-bond donors (Lipinski definition) is 2. The highest BCUT2D eigenvalue weighted by Crippen LogP contribution is 2.28. The molecule has 1 aromatic carbocycles. The minimum Gasteiger partial charge on any atom is -0.381 e. The molecule has 2 rings (SSSR count). The van der Waals surface area contributed by atoms with Gasteiger partial charge in [-0.15, -0.1) is 0 Å². The molecule has 16 heavy (non-hydrogen) atoms. The minimum absolute atomic E-state index is 0.488. The Morgan fingerprint density at radius 1 is 1.19 bits per heavy atom. The highest BCUT2D eigenvalue weighted by Gasteiger charge is 2.18. The third-order valence-corrected chi connectivity index (χ3v) is 3.28. The Labute approximate surface area is 96.1 Å². The van der Waals surface area contributed by atoms with Gasteiger partial charge in [-0.2, -0.15) is 0 Å². The zero-order valence-corrected chi connectivity index (χ0v) is 10.0. The Morgan fingerprint density at radius 2 is 1.81 bits per heavy atom. The summed E-state index contributed by atoms with van der Waals surface area (Å²) < 4.78 is 24.9. The average Bonchev–Trinajstić information content (AvgIpc) is 2.11. The average molecular weight is 240 g/mol. The fraction of sp³-hybridized carbons (Fsp3) is 0.455. The van der Waals surface area contributed by atoms with E-state index >= 15 is 0 Å². The molecule has 1 aromatic rings. The van der Waals surface area contributed by atoms with Crippen LogP contribution in [-0.2, 0) is 10.0 Å². The Kier molecular flexibility index (Phi) is 3.05. The third-order valence-electron chi connectivity index (χ3n) is 2.69. The first kappa shape index (κ1) is 11.3. The van der Waals surface area contributed by atoms with Gasteiger partial charge in [0, 0.05) is 6.04 Å². The number of nitrogens with one attached hydrogen (secondary N) is 2. The first-order chi connectivity index (χ1) is 7.54. The van der Waals surface area contributed by atoms with Crippen LogP contribution in [0.2, 0.25) is 0 Å². The van der Waals surface area contributed by atoms with Crippen molar-refractivity contribution in [3.8, 4) is 0 Å². The van der Waals surface area contributed by atoms with Crippen LogP contribution in [-0.4, -0.2) is 20.7 Å². The molecule has 4 nitrogen and oxygen atoms in total. The molecule has 0 heterocycles. The molecule has 1 fully saturated rings. The maximum atomic E-state index is 11.2. The highest BCUT2D eigenvalue weighted by molar-refractivity contribution is 7.92. The predicted octanol–water partition coefficient (Wildman–Crippen LogP) is 2.02. The van der Waals surface area contributed by atoms with E-state index in [4.69, 9.17) is 0 Å². The van der Waals surface area contributed by atoms with Gasteiger partial charge in [0.1, 0.15) is 0 Å². The maximum absolute atomic E-state index is 11.2. The Balaban J connectivity index is 2.16. The summed E-state index contributed by atoms with van der Waals surface area (Å²) in [5.74, 6) is 0. The van der Waals surface area contributed by atoms with E-state index < -0.39 is 10.0 Å². The lowest BCUT2D eigenvalue weighted by molar-refractivity contribution is 0.446. The van der Waals surface area contributed by atoms with Crippen molar-refractivity contribution in [3.63, 3.8) is 0 Å². The summed E-state index contributed by atoms with van der Waals surface area (Å²) in [4.78, 5) is 0. The standard InChI is InChI=1S/C11H16N2O2S/c1-16(14,15)13-11-8-3-2-7-10(11)12-9-5-4-6-9/h2-3,7-9,12-13H,4-6H2,1H3. The number of anilines is 2. The number of rotatable bonds is 4. The number of sulfonamides is 1. The van der Waals surface area contributed by atoms with Crippen molar-refractivity contribution >= 4 is 21.4 Å². The molecule has 0 amide bonds. The molecule has 0 spiro atoms. The van der Waals surface area contributed by atoms with Crippen LogP contribution in [0.25, 0.3) is 0 Å². The van der Waals surface area contributed by atoms with Gasteiger partial charge in [0.15, 0.2) is 0 Å². The van der Waals surface area contributed by atoms with Crippen LogP contribution in [0.15, 0.2) is 24.3 Å². The van der Waals surface area contributed by atoms with E-state index in [1.54, 1.807) is 6.07 Å². The molecular formula is C11H16N2O2S. The van der Waals surface area contributed by atoms with Gasteiger partial charge in [-0.25, -0.2) is 8.42 Å². The number of para-hydroxylation sites is 2. The van der Waals surface area contributed by atoms with Crippen molar-refractivity contribution in [2.75, 3.05) is 16.3 Å². The van der Waals surface area contributed by atoms with Crippen molar-refractivity contribution in [2.45, 2.75) is 25.3 Å². The van der Waals surface area contributed by atoms with Gasteiger partial charge < -0.3 is 5.32 Å². The van der Waals surface area contributed by atoms with E-state index in [0.29, 0.717) is 11.7 Å². The maximum Gasteiger partial charge on any atom is 0.229 e. The van der Waals surface area contributed by atoms with Gasteiger partial charge in [0.25, 0.3) is 0 Å². The monoisotopic (exact) mass is 240 g/mol. The molecule has 0 aliphatic heterocycles. The summed E-state index contributed by atoms with van der Waals surface area (Å²) in [5, 5.41) is 3.34.